The lowest BCUT2D eigenvalue weighted by Gasteiger charge is -2.14. The van der Waals surface area contributed by atoms with Crippen LogP contribution < -0.4 is 9.47 Å². The van der Waals surface area contributed by atoms with Gasteiger partial charge in [-0.05, 0) is 48.2 Å². The van der Waals surface area contributed by atoms with Crippen LogP contribution in [0.1, 0.15) is 24.5 Å². The molecule has 0 spiro atoms. The van der Waals surface area contributed by atoms with E-state index in [1.54, 1.807) is 7.11 Å². The molecule has 0 N–H and O–H groups in total. The molecule has 7 heteroatoms. The van der Waals surface area contributed by atoms with Gasteiger partial charge in [0, 0.05) is 11.6 Å². The van der Waals surface area contributed by atoms with Crippen LogP contribution in [0.3, 0.4) is 0 Å². The molecule has 1 atom stereocenters. The van der Waals surface area contributed by atoms with Gasteiger partial charge in [0.1, 0.15) is 6.61 Å². The number of ether oxygens (including phenoxy) is 2. The van der Waals surface area contributed by atoms with E-state index in [4.69, 9.17) is 21.1 Å². The highest BCUT2D eigenvalue weighted by atomic mass is 35.5. The number of rotatable bonds is 8. The van der Waals surface area contributed by atoms with Gasteiger partial charge in [-0.15, -0.1) is 0 Å². The van der Waals surface area contributed by atoms with Crippen LogP contribution in [0, 0.1) is 0 Å². The second kappa shape index (κ2) is 9.34. The van der Waals surface area contributed by atoms with Crippen LogP contribution in [0.4, 0.5) is 4.79 Å². The maximum absolute atomic E-state index is 12.4. The molecule has 3 rings (SSSR count). The number of carbonyl (C=O) groups is 2. The zero-order valence-electron chi connectivity index (χ0n) is 15.8. The minimum atomic E-state index is -0.385. The quantitative estimate of drug-likeness (QED) is 0.606. The van der Waals surface area contributed by atoms with Gasteiger partial charge in [-0.2, -0.15) is 0 Å². The topological polar surface area (TPSA) is 55.8 Å². The molecule has 148 valence electrons. The molecule has 2 aromatic carbocycles. The molecule has 0 aromatic heterocycles. The number of carbonyl (C=O) groups excluding carboxylic acids is 2. The fourth-order valence-electron chi connectivity index (χ4n) is 2.97. The van der Waals surface area contributed by atoms with E-state index in [1.165, 1.54) is 4.90 Å². The van der Waals surface area contributed by atoms with Crippen LogP contribution in [0.5, 0.6) is 11.5 Å². The Kier molecular flexibility index (Phi) is 6.86. The Balaban J connectivity index is 1.66. The molecule has 0 saturated carbocycles. The molecular formula is C21H22ClNO4S. The van der Waals surface area contributed by atoms with Gasteiger partial charge in [-0.1, -0.05) is 48.5 Å². The number of halogens is 1. The predicted octanol–water partition coefficient (Wildman–Crippen LogP) is 4.94. The van der Waals surface area contributed by atoms with Crippen LogP contribution in [0.15, 0.2) is 42.5 Å². The van der Waals surface area contributed by atoms with Crippen molar-refractivity contribution in [3.05, 3.63) is 58.6 Å². The number of imide groups is 1. The molecule has 1 saturated heterocycles. The summed E-state index contributed by atoms with van der Waals surface area (Å²) in [6.07, 6.45) is 1.24. The summed E-state index contributed by atoms with van der Waals surface area (Å²) >= 11 is 7.00. The first-order valence-electron chi connectivity index (χ1n) is 9.08. The Morgan fingerprint density at radius 3 is 2.46 bits per heavy atom. The molecule has 0 bridgehead atoms. The second-order valence-corrected chi connectivity index (χ2v) is 8.06. The monoisotopic (exact) mass is 419 g/mol. The predicted molar refractivity (Wildman–Crippen MR) is 111 cm³/mol. The normalized spacial score (nSPS) is 16.5. The van der Waals surface area contributed by atoms with E-state index in [2.05, 4.69) is 0 Å². The van der Waals surface area contributed by atoms with E-state index in [-0.39, 0.29) is 16.4 Å². The van der Waals surface area contributed by atoms with Crippen molar-refractivity contribution in [3.8, 4) is 11.5 Å². The lowest BCUT2D eigenvalue weighted by atomic mass is 10.1. The Hall–Kier alpha value is -2.18. The number of amides is 2. The molecule has 0 unspecified atom stereocenters. The van der Waals surface area contributed by atoms with Crippen LogP contribution in [0.25, 0.3) is 0 Å². The minimum Gasteiger partial charge on any atom is -0.493 e. The van der Waals surface area contributed by atoms with Gasteiger partial charge in [0.25, 0.3) is 5.24 Å². The first-order chi connectivity index (χ1) is 13.5. The number of hydrogen-bond donors (Lipinski definition) is 0. The average Bonchev–Trinajstić information content (AvgIpc) is 2.96. The van der Waals surface area contributed by atoms with E-state index in [0.717, 1.165) is 29.3 Å². The highest BCUT2D eigenvalue weighted by molar-refractivity contribution is 8.15. The van der Waals surface area contributed by atoms with Crippen molar-refractivity contribution in [2.45, 2.75) is 31.6 Å². The molecular weight excluding hydrogens is 398 g/mol. The molecule has 2 amide bonds. The lowest BCUT2D eigenvalue weighted by molar-refractivity contribution is -0.126. The minimum absolute atomic E-state index is 0.112. The van der Waals surface area contributed by atoms with E-state index in [9.17, 15) is 9.59 Å². The SMILES string of the molecule is CCCN1C(=O)S[C@H](Cc2ccc(OCc3ccc(Cl)cc3)c(OC)c2)C1=O. The summed E-state index contributed by atoms with van der Waals surface area (Å²) in [4.78, 5) is 25.8. The smallest absolute Gasteiger partial charge is 0.289 e. The fourth-order valence-corrected chi connectivity index (χ4v) is 4.15. The molecule has 1 aliphatic heterocycles. The highest BCUT2D eigenvalue weighted by Gasteiger charge is 2.38. The Labute approximate surface area is 174 Å². The number of methoxy groups -OCH3 is 1. The van der Waals surface area contributed by atoms with Crippen LogP contribution in [-0.4, -0.2) is 35.0 Å². The van der Waals surface area contributed by atoms with E-state index in [0.29, 0.717) is 36.1 Å². The molecule has 1 fully saturated rings. The third kappa shape index (κ3) is 4.80. The van der Waals surface area contributed by atoms with Crippen molar-refractivity contribution in [3.63, 3.8) is 0 Å². The second-order valence-electron chi connectivity index (χ2n) is 6.47. The number of benzene rings is 2. The maximum Gasteiger partial charge on any atom is 0.289 e. The fraction of sp³-hybridized carbons (Fsp3) is 0.333. The summed E-state index contributed by atoms with van der Waals surface area (Å²) in [5.41, 5.74) is 1.92. The van der Waals surface area contributed by atoms with Gasteiger partial charge in [-0.3, -0.25) is 14.5 Å². The maximum atomic E-state index is 12.4. The van der Waals surface area contributed by atoms with Gasteiger partial charge >= 0.3 is 0 Å². The first-order valence-corrected chi connectivity index (χ1v) is 10.3. The molecule has 0 aliphatic carbocycles. The largest absolute Gasteiger partial charge is 0.493 e. The highest BCUT2D eigenvalue weighted by Crippen LogP contribution is 2.33. The van der Waals surface area contributed by atoms with Gasteiger partial charge in [0.05, 0.1) is 12.4 Å². The Bertz CT molecular complexity index is 856. The van der Waals surface area contributed by atoms with E-state index < -0.39 is 0 Å². The number of nitrogens with zero attached hydrogens (tertiary/aromatic N) is 1. The summed E-state index contributed by atoms with van der Waals surface area (Å²) in [5, 5.41) is 0.136. The van der Waals surface area contributed by atoms with Crippen molar-refractivity contribution in [1.29, 1.82) is 0 Å². The van der Waals surface area contributed by atoms with Crippen molar-refractivity contribution in [2.24, 2.45) is 0 Å². The Morgan fingerprint density at radius 1 is 1.07 bits per heavy atom. The molecule has 2 aromatic rings. The van der Waals surface area contributed by atoms with Crippen molar-refractivity contribution in [1.82, 2.24) is 4.90 Å². The third-order valence-corrected chi connectivity index (χ3v) is 5.74. The third-order valence-electron chi connectivity index (χ3n) is 4.41. The molecule has 1 aliphatic rings. The summed E-state index contributed by atoms with van der Waals surface area (Å²) in [7, 11) is 1.58. The van der Waals surface area contributed by atoms with Crippen molar-refractivity contribution < 1.29 is 19.1 Å². The van der Waals surface area contributed by atoms with Gasteiger partial charge < -0.3 is 9.47 Å². The van der Waals surface area contributed by atoms with Crippen molar-refractivity contribution in [2.75, 3.05) is 13.7 Å². The first kappa shape index (κ1) is 20.6. The average molecular weight is 420 g/mol. The van der Waals surface area contributed by atoms with Crippen LogP contribution in [-0.2, 0) is 17.8 Å². The van der Waals surface area contributed by atoms with Gasteiger partial charge in [0.2, 0.25) is 5.91 Å². The van der Waals surface area contributed by atoms with E-state index in [1.807, 2.05) is 49.4 Å². The summed E-state index contributed by atoms with van der Waals surface area (Å²) in [6, 6.07) is 13.1. The zero-order valence-corrected chi connectivity index (χ0v) is 17.4. The number of hydrogen-bond acceptors (Lipinski definition) is 5. The summed E-state index contributed by atoms with van der Waals surface area (Å²) in [5.74, 6) is 1.10. The molecule has 5 nitrogen and oxygen atoms in total. The molecule has 28 heavy (non-hydrogen) atoms. The van der Waals surface area contributed by atoms with Gasteiger partial charge in [-0.25, -0.2) is 0 Å². The molecule has 0 radical (unpaired) electrons. The zero-order chi connectivity index (χ0) is 20.1. The van der Waals surface area contributed by atoms with Crippen molar-refractivity contribution >= 4 is 34.5 Å². The van der Waals surface area contributed by atoms with E-state index >= 15 is 0 Å². The van der Waals surface area contributed by atoms with Crippen LogP contribution >= 0.6 is 23.4 Å². The summed E-state index contributed by atoms with van der Waals surface area (Å²) < 4.78 is 11.3. The van der Waals surface area contributed by atoms with Crippen LogP contribution in [0.2, 0.25) is 5.02 Å². The standard InChI is InChI=1S/C21H22ClNO4S/c1-3-10-23-20(24)19(28-21(23)25)12-15-6-9-17(18(11-15)26-2)27-13-14-4-7-16(22)8-5-14/h4-9,11,19H,3,10,12-13H2,1-2H3/t19-/m1/s1. The molecule has 1 heterocycles. The summed E-state index contributed by atoms with van der Waals surface area (Å²) in [6.45, 7) is 2.82. The Morgan fingerprint density at radius 2 is 1.79 bits per heavy atom. The lowest BCUT2D eigenvalue weighted by Crippen LogP contribution is -2.32. The van der Waals surface area contributed by atoms with Gasteiger partial charge in [0.15, 0.2) is 11.5 Å². The number of thioether (sulfide) groups is 1.